The molecule has 0 aliphatic carbocycles. The Labute approximate surface area is 214 Å². The van der Waals surface area contributed by atoms with Gasteiger partial charge in [-0.15, -0.1) is 0 Å². The second-order valence-corrected chi connectivity index (χ2v) is 11.4. The molecule has 0 bridgehead atoms. The number of para-hydroxylation sites is 1. The van der Waals surface area contributed by atoms with Crippen LogP contribution in [0.1, 0.15) is 19.0 Å². The van der Waals surface area contributed by atoms with Crippen LogP contribution in [-0.2, 0) is 10.0 Å². The Balaban J connectivity index is 1.30. The van der Waals surface area contributed by atoms with Crippen LogP contribution in [0.15, 0.2) is 64.0 Å². The number of sulfonamides is 1. The molecule has 0 unspecified atom stereocenters. The van der Waals surface area contributed by atoms with E-state index >= 15 is 0 Å². The molecule has 1 fully saturated rings. The van der Waals surface area contributed by atoms with Crippen molar-refractivity contribution in [3.63, 3.8) is 0 Å². The molecular formula is C25H30BrN5O3S. The number of nitrogens with one attached hydrogen (secondary N) is 2. The zero-order chi connectivity index (χ0) is 25.0. The van der Waals surface area contributed by atoms with E-state index in [1.807, 2.05) is 44.2 Å². The number of likely N-dealkylation sites (tertiary alicyclic amines) is 1. The summed E-state index contributed by atoms with van der Waals surface area (Å²) in [6, 6.07) is 15.9. The van der Waals surface area contributed by atoms with Gasteiger partial charge in [-0.25, -0.2) is 13.2 Å². The van der Waals surface area contributed by atoms with Gasteiger partial charge < -0.3 is 10.6 Å². The van der Waals surface area contributed by atoms with Gasteiger partial charge in [0.2, 0.25) is 10.0 Å². The highest BCUT2D eigenvalue weighted by Gasteiger charge is 2.34. The lowest BCUT2D eigenvalue weighted by atomic mass is 10.1. The number of halogens is 1. The van der Waals surface area contributed by atoms with Gasteiger partial charge in [-0.2, -0.15) is 4.31 Å². The number of hydrogen-bond acceptors (Lipinski definition) is 5. The molecule has 8 nitrogen and oxygen atoms in total. The minimum atomic E-state index is -3.56. The Hall–Kier alpha value is -2.53. The van der Waals surface area contributed by atoms with Crippen molar-refractivity contribution in [1.29, 1.82) is 0 Å². The lowest BCUT2D eigenvalue weighted by molar-refractivity contribution is 0.248. The summed E-state index contributed by atoms with van der Waals surface area (Å²) in [6.07, 6.45) is 0.762. The third-order valence-corrected chi connectivity index (χ3v) is 8.76. The third kappa shape index (κ3) is 6.00. The number of nitrogens with zero attached hydrogens (tertiary/aromatic N) is 3. The molecule has 0 spiro atoms. The van der Waals surface area contributed by atoms with E-state index in [4.69, 9.17) is 0 Å². The van der Waals surface area contributed by atoms with Gasteiger partial charge in [0.25, 0.3) is 0 Å². The van der Waals surface area contributed by atoms with Gasteiger partial charge in [-0.3, -0.25) is 9.88 Å². The number of anilines is 1. The normalized spacial score (nSPS) is 16.6. The third-order valence-electron chi connectivity index (χ3n) is 6.19. The number of carbonyl (C=O) groups is 1. The van der Waals surface area contributed by atoms with Crippen LogP contribution in [0.5, 0.6) is 0 Å². The number of aromatic nitrogens is 1. The van der Waals surface area contributed by atoms with Crippen LogP contribution in [0.4, 0.5) is 10.5 Å². The minimum Gasteiger partial charge on any atom is -0.337 e. The van der Waals surface area contributed by atoms with E-state index in [1.54, 1.807) is 28.6 Å². The molecule has 4 rings (SSSR count). The Bertz CT molecular complexity index is 1300. The summed E-state index contributed by atoms with van der Waals surface area (Å²) >= 11 is 3.35. The highest BCUT2D eigenvalue weighted by atomic mass is 79.9. The number of carbonyl (C=O) groups excluding carboxylic acids is 1. The van der Waals surface area contributed by atoms with Crippen molar-refractivity contribution < 1.29 is 13.2 Å². The first-order valence-electron chi connectivity index (χ1n) is 11.7. The van der Waals surface area contributed by atoms with Crippen molar-refractivity contribution in [3.05, 3.63) is 64.8 Å². The molecule has 2 aromatic carbocycles. The lowest BCUT2D eigenvalue weighted by Gasteiger charge is -2.27. The summed E-state index contributed by atoms with van der Waals surface area (Å²) in [5.41, 5.74) is 2.40. The second kappa shape index (κ2) is 11.0. The predicted octanol–water partition coefficient (Wildman–Crippen LogP) is 4.21. The Kier molecular flexibility index (Phi) is 8.05. The summed E-state index contributed by atoms with van der Waals surface area (Å²) in [5, 5.41) is 6.73. The van der Waals surface area contributed by atoms with Crippen LogP contribution in [0.2, 0.25) is 0 Å². The van der Waals surface area contributed by atoms with Gasteiger partial charge in [0.15, 0.2) is 0 Å². The topological polar surface area (TPSA) is 94.6 Å². The van der Waals surface area contributed by atoms with Crippen LogP contribution < -0.4 is 10.6 Å². The van der Waals surface area contributed by atoms with Crippen LogP contribution >= 0.6 is 15.9 Å². The molecule has 186 valence electrons. The fourth-order valence-corrected chi connectivity index (χ4v) is 6.44. The van der Waals surface area contributed by atoms with Crippen molar-refractivity contribution in [1.82, 2.24) is 19.5 Å². The number of rotatable bonds is 8. The fourth-order valence-electron chi connectivity index (χ4n) is 4.52. The van der Waals surface area contributed by atoms with Crippen molar-refractivity contribution in [3.8, 4) is 0 Å². The van der Waals surface area contributed by atoms with E-state index in [0.717, 1.165) is 39.7 Å². The Morgan fingerprint density at radius 3 is 2.69 bits per heavy atom. The van der Waals surface area contributed by atoms with Crippen molar-refractivity contribution in [2.24, 2.45) is 0 Å². The smallest absolute Gasteiger partial charge is 0.319 e. The quantitative estimate of drug-likeness (QED) is 0.431. The summed E-state index contributed by atoms with van der Waals surface area (Å²) in [6.45, 7) is 6.72. The van der Waals surface area contributed by atoms with Crippen LogP contribution in [0.25, 0.3) is 10.9 Å². The van der Waals surface area contributed by atoms with E-state index in [1.165, 1.54) is 0 Å². The SMILES string of the molecule is CCN([C@@H]1CCN(CCNC(=O)Nc2cc(C)nc3ccccc23)C1)S(=O)(=O)c1ccc(Br)cc1. The zero-order valence-corrected chi connectivity index (χ0v) is 22.3. The average Bonchev–Trinajstić information content (AvgIpc) is 3.27. The molecule has 1 saturated heterocycles. The number of hydrogen-bond donors (Lipinski definition) is 2. The largest absolute Gasteiger partial charge is 0.337 e. The van der Waals surface area contributed by atoms with Gasteiger partial charge in [-0.05, 0) is 56.3 Å². The molecule has 1 aliphatic heterocycles. The first kappa shape index (κ1) is 25.6. The summed E-state index contributed by atoms with van der Waals surface area (Å²) in [5.74, 6) is 0. The molecule has 2 heterocycles. The number of aryl methyl sites for hydroxylation is 1. The number of pyridine rings is 1. The fraction of sp³-hybridized carbons (Fsp3) is 0.360. The molecule has 3 aromatic rings. The molecule has 1 aliphatic rings. The summed E-state index contributed by atoms with van der Waals surface area (Å²) in [7, 11) is -3.56. The van der Waals surface area contributed by atoms with Crippen molar-refractivity contribution >= 4 is 48.6 Å². The molecule has 10 heteroatoms. The number of benzene rings is 2. The molecule has 1 aromatic heterocycles. The first-order chi connectivity index (χ1) is 16.8. The van der Waals surface area contributed by atoms with Gasteiger partial charge in [0.1, 0.15) is 0 Å². The molecule has 0 saturated carbocycles. The lowest BCUT2D eigenvalue weighted by Crippen LogP contribution is -2.42. The second-order valence-electron chi connectivity index (χ2n) is 8.61. The molecular weight excluding hydrogens is 530 g/mol. The number of urea groups is 1. The zero-order valence-electron chi connectivity index (χ0n) is 19.9. The van der Waals surface area contributed by atoms with Crippen LogP contribution in [0.3, 0.4) is 0 Å². The number of likely N-dealkylation sites (N-methyl/N-ethyl adjacent to an activating group) is 1. The maximum Gasteiger partial charge on any atom is 0.319 e. The molecule has 1 atom stereocenters. The van der Waals surface area contributed by atoms with Crippen molar-refractivity contribution in [2.75, 3.05) is 38.0 Å². The summed E-state index contributed by atoms with van der Waals surface area (Å²) < 4.78 is 28.8. The van der Waals surface area contributed by atoms with Crippen molar-refractivity contribution in [2.45, 2.75) is 31.2 Å². The summed E-state index contributed by atoms with van der Waals surface area (Å²) in [4.78, 5) is 19.5. The molecule has 0 radical (unpaired) electrons. The first-order valence-corrected chi connectivity index (χ1v) is 13.9. The van der Waals surface area contributed by atoms with E-state index in [2.05, 4.69) is 36.4 Å². The Morgan fingerprint density at radius 1 is 1.20 bits per heavy atom. The van der Waals surface area contributed by atoms with Crippen LogP contribution in [-0.4, -0.2) is 67.4 Å². The standard InChI is InChI=1S/C25H30BrN5O3S/c1-3-31(35(33,34)21-10-8-19(26)9-11-21)20-12-14-30(17-20)15-13-27-25(32)29-24-16-18(2)28-23-7-5-4-6-22(23)24/h4-11,16,20H,3,12-15,17H2,1-2H3,(H2,27,28,29,32)/t20-/m1/s1. The highest BCUT2D eigenvalue weighted by Crippen LogP contribution is 2.25. The number of amides is 2. The predicted molar refractivity (Wildman–Crippen MR) is 142 cm³/mol. The molecule has 2 N–H and O–H groups in total. The van der Waals surface area contributed by atoms with Gasteiger partial charge in [0.05, 0.1) is 16.1 Å². The monoisotopic (exact) mass is 559 g/mol. The van der Waals surface area contributed by atoms with Gasteiger partial charge in [0, 0.05) is 47.8 Å². The van der Waals surface area contributed by atoms with Crippen LogP contribution in [0, 0.1) is 6.92 Å². The Morgan fingerprint density at radius 2 is 1.94 bits per heavy atom. The van der Waals surface area contributed by atoms with Gasteiger partial charge >= 0.3 is 6.03 Å². The molecule has 2 amide bonds. The molecule has 35 heavy (non-hydrogen) atoms. The highest BCUT2D eigenvalue weighted by molar-refractivity contribution is 9.10. The maximum atomic E-state index is 13.2. The maximum absolute atomic E-state index is 13.2. The minimum absolute atomic E-state index is 0.0892. The average molecular weight is 561 g/mol. The van der Waals surface area contributed by atoms with E-state index in [-0.39, 0.29) is 12.1 Å². The van der Waals surface area contributed by atoms with E-state index in [0.29, 0.717) is 31.1 Å². The number of fused-ring (bicyclic) bond motifs is 1. The van der Waals surface area contributed by atoms with Gasteiger partial charge in [-0.1, -0.05) is 41.1 Å². The van der Waals surface area contributed by atoms with E-state index in [9.17, 15) is 13.2 Å². The van der Waals surface area contributed by atoms with E-state index < -0.39 is 10.0 Å².